The van der Waals surface area contributed by atoms with Crippen LogP contribution in [0.3, 0.4) is 0 Å². The molecule has 0 radical (unpaired) electrons. The van der Waals surface area contributed by atoms with Crippen molar-refractivity contribution in [2.45, 2.75) is 32.2 Å². The minimum atomic E-state index is -0.192. The van der Waals surface area contributed by atoms with E-state index in [1.807, 2.05) is 36.4 Å². The number of carbonyl (C=O) groups is 1. The third-order valence-electron chi connectivity index (χ3n) is 3.93. The van der Waals surface area contributed by atoms with Gasteiger partial charge >= 0.3 is 0 Å². The van der Waals surface area contributed by atoms with Gasteiger partial charge in [0.1, 0.15) is 6.04 Å². The van der Waals surface area contributed by atoms with Gasteiger partial charge in [0.15, 0.2) is 0 Å². The number of carbonyl (C=O) groups excluding carboxylic acids is 1. The summed E-state index contributed by atoms with van der Waals surface area (Å²) in [6, 6.07) is 15.9. The summed E-state index contributed by atoms with van der Waals surface area (Å²) in [6.07, 6.45) is 0.742. The number of rotatable bonds is 3. The van der Waals surface area contributed by atoms with Crippen LogP contribution in [0.25, 0.3) is 0 Å². The van der Waals surface area contributed by atoms with Gasteiger partial charge in [0.05, 0.1) is 0 Å². The molecule has 21 heavy (non-hydrogen) atoms. The van der Waals surface area contributed by atoms with Crippen LogP contribution >= 0.6 is 0 Å². The van der Waals surface area contributed by atoms with E-state index < -0.39 is 0 Å². The Morgan fingerprint density at radius 2 is 1.86 bits per heavy atom. The van der Waals surface area contributed by atoms with E-state index in [1.54, 1.807) is 0 Å². The second-order valence-electron chi connectivity index (χ2n) is 5.79. The third-order valence-corrected chi connectivity index (χ3v) is 3.93. The zero-order valence-corrected chi connectivity index (χ0v) is 12.4. The first-order chi connectivity index (χ1) is 10.1. The van der Waals surface area contributed by atoms with Crippen LogP contribution in [-0.4, -0.2) is 11.9 Å². The first-order valence-electron chi connectivity index (χ1n) is 7.39. The lowest BCUT2D eigenvalue weighted by Gasteiger charge is -2.16. The minimum Gasteiger partial charge on any atom is -0.373 e. The summed E-state index contributed by atoms with van der Waals surface area (Å²) >= 11 is 0. The summed E-state index contributed by atoms with van der Waals surface area (Å²) in [7, 11) is 0. The Balaban J connectivity index is 1.74. The van der Waals surface area contributed by atoms with Crippen molar-refractivity contribution in [1.82, 2.24) is 0 Å². The van der Waals surface area contributed by atoms with Crippen molar-refractivity contribution in [2.24, 2.45) is 0 Å². The molecular weight excluding hydrogens is 260 g/mol. The maximum atomic E-state index is 12.5. The molecule has 2 N–H and O–H groups in total. The van der Waals surface area contributed by atoms with Crippen LogP contribution in [-0.2, 0) is 11.2 Å². The Morgan fingerprint density at radius 1 is 1.14 bits per heavy atom. The van der Waals surface area contributed by atoms with E-state index in [0.717, 1.165) is 17.8 Å². The Hall–Kier alpha value is -2.29. The number of para-hydroxylation sites is 2. The molecule has 2 aromatic carbocycles. The minimum absolute atomic E-state index is 0.0271. The van der Waals surface area contributed by atoms with Crippen molar-refractivity contribution in [1.29, 1.82) is 0 Å². The molecule has 1 unspecified atom stereocenters. The fourth-order valence-electron chi connectivity index (χ4n) is 2.79. The highest BCUT2D eigenvalue weighted by molar-refractivity contribution is 5.98. The van der Waals surface area contributed by atoms with Gasteiger partial charge in [-0.1, -0.05) is 50.2 Å². The zero-order valence-electron chi connectivity index (χ0n) is 12.4. The lowest BCUT2D eigenvalue weighted by atomic mass is 10.0. The molecule has 1 heterocycles. The second-order valence-corrected chi connectivity index (χ2v) is 5.79. The topological polar surface area (TPSA) is 41.1 Å². The van der Waals surface area contributed by atoms with Crippen molar-refractivity contribution in [3.63, 3.8) is 0 Å². The van der Waals surface area contributed by atoms with Crippen molar-refractivity contribution in [3.8, 4) is 0 Å². The monoisotopic (exact) mass is 280 g/mol. The Morgan fingerprint density at radius 3 is 2.62 bits per heavy atom. The summed E-state index contributed by atoms with van der Waals surface area (Å²) in [6.45, 7) is 4.27. The van der Waals surface area contributed by atoms with E-state index in [2.05, 4.69) is 36.6 Å². The van der Waals surface area contributed by atoms with Gasteiger partial charge in [0.2, 0.25) is 5.91 Å². The molecule has 1 aliphatic heterocycles. The second kappa shape index (κ2) is 5.60. The Bertz CT molecular complexity index is 639. The molecule has 2 aromatic rings. The standard InChI is InChI=1S/C18H20N2O/c1-12(2)14-8-4-6-10-16(14)20-18(21)17-11-13-7-3-5-9-15(13)19-17/h3-10,12,17,19H,11H2,1-2H3,(H,20,21). The number of benzene rings is 2. The molecular formula is C18H20N2O. The summed E-state index contributed by atoms with van der Waals surface area (Å²) in [5.74, 6) is 0.412. The van der Waals surface area contributed by atoms with Gasteiger partial charge in [-0.15, -0.1) is 0 Å². The lowest BCUT2D eigenvalue weighted by molar-refractivity contribution is -0.116. The normalized spacial score (nSPS) is 16.4. The number of anilines is 2. The van der Waals surface area contributed by atoms with Crippen LogP contribution in [0.15, 0.2) is 48.5 Å². The maximum Gasteiger partial charge on any atom is 0.247 e. The van der Waals surface area contributed by atoms with E-state index >= 15 is 0 Å². The highest BCUT2D eigenvalue weighted by Gasteiger charge is 2.26. The van der Waals surface area contributed by atoms with Gasteiger partial charge in [-0.3, -0.25) is 4.79 Å². The molecule has 3 heteroatoms. The van der Waals surface area contributed by atoms with E-state index in [9.17, 15) is 4.79 Å². The molecule has 0 saturated carbocycles. The first-order valence-corrected chi connectivity index (χ1v) is 7.39. The smallest absolute Gasteiger partial charge is 0.247 e. The molecule has 3 rings (SSSR count). The van der Waals surface area contributed by atoms with Crippen LogP contribution in [0.2, 0.25) is 0 Å². The van der Waals surface area contributed by atoms with Gasteiger partial charge in [0.25, 0.3) is 0 Å². The van der Waals surface area contributed by atoms with E-state index in [1.165, 1.54) is 11.1 Å². The number of fused-ring (bicyclic) bond motifs is 1. The van der Waals surface area contributed by atoms with E-state index in [0.29, 0.717) is 5.92 Å². The number of amides is 1. The zero-order chi connectivity index (χ0) is 14.8. The Labute approximate surface area is 125 Å². The summed E-state index contributed by atoms with van der Waals surface area (Å²) < 4.78 is 0. The van der Waals surface area contributed by atoms with Crippen molar-refractivity contribution < 1.29 is 4.79 Å². The average molecular weight is 280 g/mol. The molecule has 0 fully saturated rings. The molecule has 0 bridgehead atoms. The third kappa shape index (κ3) is 2.77. The van der Waals surface area contributed by atoms with E-state index in [4.69, 9.17) is 0 Å². The molecule has 108 valence electrons. The van der Waals surface area contributed by atoms with Gasteiger partial charge in [-0.05, 0) is 29.2 Å². The van der Waals surface area contributed by atoms with Crippen LogP contribution in [0, 0.1) is 0 Å². The molecule has 1 amide bonds. The number of nitrogens with one attached hydrogen (secondary N) is 2. The predicted molar refractivity (Wildman–Crippen MR) is 86.7 cm³/mol. The molecule has 1 aliphatic rings. The number of hydrogen-bond acceptors (Lipinski definition) is 2. The highest BCUT2D eigenvalue weighted by atomic mass is 16.2. The molecule has 0 aromatic heterocycles. The van der Waals surface area contributed by atoms with Gasteiger partial charge in [-0.25, -0.2) is 0 Å². The van der Waals surface area contributed by atoms with Crippen molar-refractivity contribution in [2.75, 3.05) is 10.6 Å². The molecule has 3 nitrogen and oxygen atoms in total. The fourth-order valence-corrected chi connectivity index (χ4v) is 2.79. The average Bonchev–Trinajstić information content (AvgIpc) is 2.91. The van der Waals surface area contributed by atoms with Gasteiger partial charge in [-0.2, -0.15) is 0 Å². The quantitative estimate of drug-likeness (QED) is 0.898. The molecule has 0 aliphatic carbocycles. The largest absolute Gasteiger partial charge is 0.373 e. The fraction of sp³-hybridized carbons (Fsp3) is 0.278. The summed E-state index contributed by atoms with van der Waals surface area (Å²) in [5, 5.41) is 6.36. The SMILES string of the molecule is CC(C)c1ccccc1NC(=O)C1Cc2ccccc2N1. The Kier molecular flexibility index (Phi) is 3.65. The van der Waals surface area contributed by atoms with Crippen LogP contribution in [0.1, 0.15) is 30.9 Å². The molecule has 0 spiro atoms. The van der Waals surface area contributed by atoms with Crippen LogP contribution < -0.4 is 10.6 Å². The van der Waals surface area contributed by atoms with Gasteiger partial charge in [0, 0.05) is 17.8 Å². The van der Waals surface area contributed by atoms with Crippen LogP contribution in [0.5, 0.6) is 0 Å². The summed E-state index contributed by atoms with van der Waals surface area (Å²) in [4.78, 5) is 12.5. The first kappa shape index (κ1) is 13.7. The van der Waals surface area contributed by atoms with Crippen LogP contribution in [0.4, 0.5) is 11.4 Å². The highest BCUT2D eigenvalue weighted by Crippen LogP contribution is 2.27. The predicted octanol–water partition coefficient (Wildman–Crippen LogP) is 3.79. The summed E-state index contributed by atoms with van der Waals surface area (Å²) in [5.41, 5.74) is 4.35. The maximum absolute atomic E-state index is 12.5. The molecule has 0 saturated heterocycles. The number of hydrogen-bond donors (Lipinski definition) is 2. The molecule has 1 atom stereocenters. The van der Waals surface area contributed by atoms with Crippen molar-refractivity contribution >= 4 is 17.3 Å². The lowest BCUT2D eigenvalue weighted by Crippen LogP contribution is -2.33. The van der Waals surface area contributed by atoms with E-state index in [-0.39, 0.29) is 11.9 Å². The van der Waals surface area contributed by atoms with Crippen molar-refractivity contribution in [3.05, 3.63) is 59.7 Å². The van der Waals surface area contributed by atoms with Gasteiger partial charge < -0.3 is 10.6 Å².